The highest BCUT2D eigenvalue weighted by Gasteiger charge is 2.36. The molecule has 1 unspecified atom stereocenters. The molecular weight excluding hydrogens is 362 g/mol. The summed E-state index contributed by atoms with van der Waals surface area (Å²) in [6.07, 6.45) is 6.07. The molecular formula is C16H21N3O4S2. The highest BCUT2D eigenvalue weighted by atomic mass is 32.2. The van der Waals surface area contributed by atoms with Crippen molar-refractivity contribution in [2.75, 3.05) is 12.8 Å². The third-order valence-electron chi connectivity index (χ3n) is 4.45. The van der Waals surface area contributed by atoms with Crippen molar-refractivity contribution in [2.45, 2.75) is 42.1 Å². The molecule has 3 rings (SSSR count). The van der Waals surface area contributed by atoms with E-state index >= 15 is 0 Å². The van der Waals surface area contributed by atoms with Crippen LogP contribution < -0.4 is 0 Å². The van der Waals surface area contributed by atoms with Crippen molar-refractivity contribution in [1.29, 1.82) is 0 Å². The van der Waals surface area contributed by atoms with Gasteiger partial charge in [0.15, 0.2) is 9.84 Å². The maximum Gasteiger partial charge on any atom is 0.243 e. The van der Waals surface area contributed by atoms with Gasteiger partial charge in [-0.15, -0.1) is 0 Å². The molecule has 0 bridgehead atoms. The van der Waals surface area contributed by atoms with Crippen molar-refractivity contribution in [3.8, 4) is 0 Å². The number of aromatic nitrogens is 2. The van der Waals surface area contributed by atoms with Crippen LogP contribution in [0.25, 0.3) is 0 Å². The Kier molecular flexibility index (Phi) is 4.74. The molecule has 2 aromatic rings. The maximum absolute atomic E-state index is 13.2. The minimum Gasteiger partial charge on any atom is -0.271 e. The van der Waals surface area contributed by atoms with E-state index < -0.39 is 19.9 Å². The van der Waals surface area contributed by atoms with Crippen LogP contribution in [0, 0.1) is 6.92 Å². The average Bonchev–Trinajstić information content (AvgIpc) is 3.18. The zero-order valence-electron chi connectivity index (χ0n) is 14.2. The predicted octanol–water partition coefficient (Wildman–Crippen LogP) is 1.45. The normalized spacial score (nSPS) is 19.4. The van der Waals surface area contributed by atoms with Gasteiger partial charge in [0, 0.05) is 31.2 Å². The monoisotopic (exact) mass is 383 g/mol. The van der Waals surface area contributed by atoms with E-state index in [0.29, 0.717) is 18.7 Å². The van der Waals surface area contributed by atoms with Crippen molar-refractivity contribution in [2.24, 2.45) is 0 Å². The Bertz CT molecular complexity index is 967. The second-order valence-corrected chi connectivity index (χ2v) is 10.2. The second-order valence-electron chi connectivity index (χ2n) is 6.34. The summed E-state index contributed by atoms with van der Waals surface area (Å²) in [5.41, 5.74) is 0.539. The van der Waals surface area contributed by atoms with E-state index in [1.807, 2.05) is 0 Å². The van der Waals surface area contributed by atoms with E-state index in [4.69, 9.17) is 0 Å². The number of sulfonamides is 1. The fourth-order valence-electron chi connectivity index (χ4n) is 3.15. The first-order valence-electron chi connectivity index (χ1n) is 7.99. The fourth-order valence-corrected chi connectivity index (χ4v) is 5.81. The summed E-state index contributed by atoms with van der Waals surface area (Å²) in [5.74, 6) is 0. The Balaban J connectivity index is 1.98. The van der Waals surface area contributed by atoms with Crippen LogP contribution in [-0.4, -0.2) is 49.8 Å². The van der Waals surface area contributed by atoms with E-state index in [2.05, 4.69) is 5.10 Å². The zero-order chi connectivity index (χ0) is 18.2. The molecule has 1 saturated heterocycles. The summed E-state index contributed by atoms with van der Waals surface area (Å²) in [7, 11) is -7.25. The molecule has 2 heterocycles. The van der Waals surface area contributed by atoms with Gasteiger partial charge in [0.05, 0.1) is 16.3 Å². The number of hydrogen-bond donors (Lipinski definition) is 0. The molecule has 0 N–H and O–H groups in total. The summed E-state index contributed by atoms with van der Waals surface area (Å²) in [4.78, 5) is 0.0716. The molecule has 25 heavy (non-hydrogen) atoms. The van der Waals surface area contributed by atoms with Crippen LogP contribution in [0.4, 0.5) is 0 Å². The van der Waals surface area contributed by atoms with Crippen LogP contribution in [-0.2, 0) is 26.4 Å². The molecule has 136 valence electrons. The molecule has 1 aromatic carbocycles. The topological polar surface area (TPSA) is 89.3 Å². The van der Waals surface area contributed by atoms with Gasteiger partial charge in [-0.05, 0) is 43.5 Å². The number of benzene rings is 1. The SMILES string of the molecule is Cc1ccc(S(C)(=O)=O)cc1S(=O)(=O)N1CCCC1Cn1cccn1. The lowest BCUT2D eigenvalue weighted by atomic mass is 10.2. The standard InChI is InChI=1S/C16H21N3O4S2/c1-13-6-7-15(24(2,20)21)11-16(13)25(22,23)19-10-3-5-14(19)12-18-9-4-8-17-18/h4,6-9,11,14H,3,5,10,12H2,1-2H3. The van der Waals surface area contributed by atoms with Crippen LogP contribution in [0.2, 0.25) is 0 Å². The number of aryl methyl sites for hydroxylation is 1. The highest BCUT2D eigenvalue weighted by Crippen LogP contribution is 2.30. The van der Waals surface area contributed by atoms with Gasteiger partial charge in [-0.25, -0.2) is 16.8 Å². The van der Waals surface area contributed by atoms with Gasteiger partial charge in [-0.3, -0.25) is 4.68 Å². The van der Waals surface area contributed by atoms with Gasteiger partial charge in [0.1, 0.15) is 0 Å². The molecule has 9 heteroatoms. The molecule has 1 atom stereocenters. The first-order valence-corrected chi connectivity index (χ1v) is 11.3. The minimum atomic E-state index is -3.78. The van der Waals surface area contributed by atoms with Gasteiger partial charge < -0.3 is 0 Å². The van der Waals surface area contributed by atoms with Crippen molar-refractivity contribution in [1.82, 2.24) is 14.1 Å². The van der Waals surface area contributed by atoms with E-state index in [1.54, 1.807) is 36.1 Å². The van der Waals surface area contributed by atoms with Crippen molar-refractivity contribution < 1.29 is 16.8 Å². The first-order chi connectivity index (χ1) is 11.7. The molecule has 0 aliphatic carbocycles. The van der Waals surface area contributed by atoms with Crippen LogP contribution in [0.5, 0.6) is 0 Å². The molecule has 0 amide bonds. The van der Waals surface area contributed by atoms with Crippen molar-refractivity contribution in [3.05, 3.63) is 42.2 Å². The van der Waals surface area contributed by atoms with Gasteiger partial charge in [0.25, 0.3) is 0 Å². The van der Waals surface area contributed by atoms with Gasteiger partial charge >= 0.3 is 0 Å². The Morgan fingerprint density at radius 1 is 1.24 bits per heavy atom. The maximum atomic E-state index is 13.2. The predicted molar refractivity (Wildman–Crippen MR) is 93.4 cm³/mol. The van der Waals surface area contributed by atoms with Crippen LogP contribution >= 0.6 is 0 Å². The highest BCUT2D eigenvalue weighted by molar-refractivity contribution is 7.91. The smallest absolute Gasteiger partial charge is 0.243 e. The average molecular weight is 383 g/mol. The van der Waals surface area contributed by atoms with E-state index in [1.165, 1.54) is 16.4 Å². The summed E-state index contributed by atoms with van der Waals surface area (Å²) in [6.45, 7) is 2.59. The zero-order valence-corrected chi connectivity index (χ0v) is 15.8. The second kappa shape index (κ2) is 6.54. The summed E-state index contributed by atoms with van der Waals surface area (Å²) in [5, 5.41) is 4.15. The van der Waals surface area contributed by atoms with Crippen LogP contribution in [0.1, 0.15) is 18.4 Å². The summed E-state index contributed by atoms with van der Waals surface area (Å²) < 4.78 is 53.1. The summed E-state index contributed by atoms with van der Waals surface area (Å²) in [6, 6.07) is 5.86. The Morgan fingerprint density at radius 2 is 2.00 bits per heavy atom. The lowest BCUT2D eigenvalue weighted by molar-refractivity contribution is 0.341. The van der Waals surface area contributed by atoms with E-state index in [0.717, 1.165) is 19.1 Å². The number of rotatable bonds is 5. The van der Waals surface area contributed by atoms with E-state index in [-0.39, 0.29) is 15.8 Å². The summed E-state index contributed by atoms with van der Waals surface area (Å²) >= 11 is 0. The first kappa shape index (κ1) is 18.1. The third-order valence-corrected chi connectivity index (χ3v) is 7.66. The quantitative estimate of drug-likeness (QED) is 0.780. The lowest BCUT2D eigenvalue weighted by Gasteiger charge is -2.25. The fraction of sp³-hybridized carbons (Fsp3) is 0.438. The molecule has 0 saturated carbocycles. The Labute approximate surface area is 148 Å². The number of nitrogens with zero attached hydrogens (tertiary/aromatic N) is 3. The third kappa shape index (κ3) is 3.63. The lowest BCUT2D eigenvalue weighted by Crippen LogP contribution is -2.38. The number of sulfone groups is 1. The molecule has 1 aromatic heterocycles. The molecule has 1 aliphatic heterocycles. The molecule has 7 nitrogen and oxygen atoms in total. The van der Waals surface area contributed by atoms with Gasteiger partial charge in [0.2, 0.25) is 10.0 Å². The Morgan fingerprint density at radius 3 is 2.64 bits per heavy atom. The molecule has 1 aliphatic rings. The van der Waals surface area contributed by atoms with E-state index in [9.17, 15) is 16.8 Å². The van der Waals surface area contributed by atoms with Crippen molar-refractivity contribution >= 4 is 19.9 Å². The van der Waals surface area contributed by atoms with Crippen LogP contribution in [0.15, 0.2) is 46.5 Å². The molecule has 0 spiro atoms. The van der Waals surface area contributed by atoms with Crippen LogP contribution in [0.3, 0.4) is 0 Å². The molecule has 0 radical (unpaired) electrons. The van der Waals surface area contributed by atoms with Crippen molar-refractivity contribution in [3.63, 3.8) is 0 Å². The van der Waals surface area contributed by atoms with Gasteiger partial charge in [-0.1, -0.05) is 6.07 Å². The largest absolute Gasteiger partial charge is 0.271 e. The Hall–Kier alpha value is -1.71. The molecule has 1 fully saturated rings. The minimum absolute atomic E-state index is 0.0134. The van der Waals surface area contributed by atoms with Gasteiger partial charge in [-0.2, -0.15) is 9.40 Å². The number of hydrogen-bond acceptors (Lipinski definition) is 5.